The lowest BCUT2D eigenvalue weighted by atomic mass is 9.68. The lowest BCUT2D eigenvalue weighted by Crippen LogP contribution is -2.56. The summed E-state index contributed by atoms with van der Waals surface area (Å²) in [5.74, 6) is -0.565. The SMILES string of the molecule is CCC1CC2(C(=O)O)CCN1CC2. The van der Waals surface area contributed by atoms with Gasteiger partial charge in [-0.25, -0.2) is 0 Å². The molecule has 74 valence electrons. The molecule has 1 unspecified atom stereocenters. The average molecular weight is 183 g/mol. The third-order valence-electron chi connectivity index (χ3n) is 3.82. The first-order chi connectivity index (χ1) is 6.18. The Morgan fingerprint density at radius 2 is 2.15 bits per heavy atom. The molecule has 0 radical (unpaired) electrons. The fourth-order valence-electron chi connectivity index (χ4n) is 2.81. The van der Waals surface area contributed by atoms with E-state index < -0.39 is 5.97 Å². The van der Waals surface area contributed by atoms with Crippen LogP contribution >= 0.6 is 0 Å². The summed E-state index contributed by atoms with van der Waals surface area (Å²) in [5.41, 5.74) is -0.366. The summed E-state index contributed by atoms with van der Waals surface area (Å²) in [7, 11) is 0. The zero-order valence-corrected chi connectivity index (χ0v) is 8.12. The molecular formula is C10H17NO2. The van der Waals surface area contributed by atoms with E-state index in [-0.39, 0.29) is 5.41 Å². The molecule has 3 heteroatoms. The van der Waals surface area contributed by atoms with Gasteiger partial charge in [-0.15, -0.1) is 0 Å². The number of hydrogen-bond acceptors (Lipinski definition) is 2. The van der Waals surface area contributed by atoms with Crippen LogP contribution in [0.15, 0.2) is 0 Å². The summed E-state index contributed by atoms with van der Waals surface area (Å²) in [5, 5.41) is 9.21. The van der Waals surface area contributed by atoms with E-state index in [0.29, 0.717) is 6.04 Å². The van der Waals surface area contributed by atoms with Gasteiger partial charge in [-0.1, -0.05) is 6.92 Å². The zero-order valence-electron chi connectivity index (χ0n) is 8.12. The smallest absolute Gasteiger partial charge is 0.309 e. The maximum absolute atomic E-state index is 11.2. The van der Waals surface area contributed by atoms with Crippen molar-refractivity contribution in [1.29, 1.82) is 0 Å². The summed E-state index contributed by atoms with van der Waals surface area (Å²) < 4.78 is 0. The van der Waals surface area contributed by atoms with Crippen molar-refractivity contribution in [2.24, 2.45) is 5.41 Å². The molecule has 3 aliphatic heterocycles. The van der Waals surface area contributed by atoms with Gasteiger partial charge in [-0.05, 0) is 38.8 Å². The molecule has 0 aromatic carbocycles. The molecule has 0 saturated carbocycles. The van der Waals surface area contributed by atoms with Crippen molar-refractivity contribution >= 4 is 5.97 Å². The van der Waals surface area contributed by atoms with E-state index >= 15 is 0 Å². The minimum absolute atomic E-state index is 0.366. The summed E-state index contributed by atoms with van der Waals surface area (Å²) in [6.45, 7) is 4.14. The standard InChI is InChI=1S/C10H17NO2/c1-2-8-7-10(9(12)13)3-5-11(8)6-4-10/h8H,2-7H2,1H3,(H,12,13). The minimum atomic E-state index is -0.565. The van der Waals surface area contributed by atoms with Crippen LogP contribution in [0.2, 0.25) is 0 Å². The van der Waals surface area contributed by atoms with E-state index in [0.717, 1.165) is 38.8 Å². The van der Waals surface area contributed by atoms with Gasteiger partial charge in [0.1, 0.15) is 0 Å². The van der Waals surface area contributed by atoms with E-state index in [1.54, 1.807) is 0 Å². The third kappa shape index (κ3) is 1.26. The number of rotatable bonds is 2. The van der Waals surface area contributed by atoms with E-state index in [9.17, 15) is 9.90 Å². The number of hydrogen-bond donors (Lipinski definition) is 1. The molecule has 2 bridgehead atoms. The summed E-state index contributed by atoms with van der Waals surface area (Å²) in [4.78, 5) is 13.6. The van der Waals surface area contributed by atoms with Gasteiger partial charge in [0, 0.05) is 6.04 Å². The summed E-state index contributed by atoms with van der Waals surface area (Å²) in [6.07, 6.45) is 3.69. The van der Waals surface area contributed by atoms with Gasteiger partial charge in [0.2, 0.25) is 0 Å². The highest BCUT2D eigenvalue weighted by atomic mass is 16.4. The fraction of sp³-hybridized carbons (Fsp3) is 0.900. The van der Waals surface area contributed by atoms with Crippen LogP contribution in [-0.2, 0) is 4.79 Å². The number of fused-ring (bicyclic) bond motifs is 3. The average Bonchev–Trinajstić information content (AvgIpc) is 2.19. The molecular weight excluding hydrogens is 166 g/mol. The van der Waals surface area contributed by atoms with Crippen molar-refractivity contribution in [3.05, 3.63) is 0 Å². The monoisotopic (exact) mass is 183 g/mol. The fourth-order valence-corrected chi connectivity index (χ4v) is 2.81. The van der Waals surface area contributed by atoms with Crippen LogP contribution in [0, 0.1) is 5.41 Å². The molecule has 3 rings (SSSR count). The maximum atomic E-state index is 11.2. The predicted octanol–water partition coefficient (Wildman–Crippen LogP) is 1.34. The first-order valence-corrected chi connectivity index (χ1v) is 5.15. The Kier molecular flexibility index (Phi) is 2.06. The second-order valence-corrected chi connectivity index (χ2v) is 4.39. The lowest BCUT2D eigenvalue weighted by Gasteiger charge is -2.50. The molecule has 0 aromatic heterocycles. The van der Waals surface area contributed by atoms with Crippen LogP contribution in [0.25, 0.3) is 0 Å². The van der Waals surface area contributed by atoms with Gasteiger partial charge in [-0.3, -0.25) is 4.79 Å². The van der Waals surface area contributed by atoms with Gasteiger partial charge >= 0.3 is 5.97 Å². The molecule has 0 aliphatic carbocycles. The number of aliphatic carboxylic acids is 1. The van der Waals surface area contributed by atoms with E-state index in [2.05, 4.69) is 11.8 Å². The Hall–Kier alpha value is -0.570. The molecule has 0 aromatic rings. The predicted molar refractivity (Wildman–Crippen MR) is 49.6 cm³/mol. The number of carbonyl (C=O) groups is 1. The molecule has 3 nitrogen and oxygen atoms in total. The number of carboxylic acid groups (broad SMARTS) is 1. The van der Waals surface area contributed by atoms with Crippen LogP contribution < -0.4 is 0 Å². The molecule has 3 aliphatic rings. The first kappa shape index (κ1) is 9.00. The largest absolute Gasteiger partial charge is 0.481 e. The Labute approximate surface area is 78.7 Å². The highest BCUT2D eigenvalue weighted by Crippen LogP contribution is 2.44. The van der Waals surface area contributed by atoms with Gasteiger partial charge in [-0.2, -0.15) is 0 Å². The van der Waals surface area contributed by atoms with Crippen LogP contribution in [0.4, 0.5) is 0 Å². The second kappa shape index (κ2) is 2.98. The van der Waals surface area contributed by atoms with Crippen molar-refractivity contribution in [3.8, 4) is 0 Å². The van der Waals surface area contributed by atoms with Crippen LogP contribution in [0.5, 0.6) is 0 Å². The zero-order chi connectivity index (χ0) is 9.47. The highest BCUT2D eigenvalue weighted by molar-refractivity contribution is 5.75. The van der Waals surface area contributed by atoms with Crippen molar-refractivity contribution in [3.63, 3.8) is 0 Å². The first-order valence-electron chi connectivity index (χ1n) is 5.15. The number of carboxylic acids is 1. The summed E-state index contributed by atoms with van der Waals surface area (Å²) >= 11 is 0. The molecule has 1 N–H and O–H groups in total. The van der Waals surface area contributed by atoms with Crippen LogP contribution in [-0.4, -0.2) is 35.1 Å². The quantitative estimate of drug-likeness (QED) is 0.702. The molecule has 0 spiro atoms. The Morgan fingerprint density at radius 1 is 1.54 bits per heavy atom. The lowest BCUT2D eigenvalue weighted by molar-refractivity contribution is -0.159. The Balaban J connectivity index is 2.18. The topological polar surface area (TPSA) is 40.5 Å². The van der Waals surface area contributed by atoms with Gasteiger partial charge in [0.05, 0.1) is 5.41 Å². The van der Waals surface area contributed by atoms with Crippen molar-refractivity contribution in [1.82, 2.24) is 4.90 Å². The molecule has 0 amide bonds. The Bertz CT molecular complexity index is 219. The third-order valence-corrected chi connectivity index (χ3v) is 3.82. The molecule has 13 heavy (non-hydrogen) atoms. The van der Waals surface area contributed by atoms with Crippen molar-refractivity contribution < 1.29 is 9.90 Å². The molecule has 3 heterocycles. The van der Waals surface area contributed by atoms with Crippen LogP contribution in [0.3, 0.4) is 0 Å². The van der Waals surface area contributed by atoms with E-state index in [4.69, 9.17) is 0 Å². The number of nitrogens with zero attached hydrogens (tertiary/aromatic N) is 1. The molecule has 3 fully saturated rings. The minimum Gasteiger partial charge on any atom is -0.481 e. The summed E-state index contributed by atoms with van der Waals surface area (Å²) in [6, 6.07) is 0.526. The maximum Gasteiger partial charge on any atom is 0.309 e. The Morgan fingerprint density at radius 3 is 2.62 bits per heavy atom. The van der Waals surface area contributed by atoms with Crippen LogP contribution in [0.1, 0.15) is 32.6 Å². The van der Waals surface area contributed by atoms with Crippen molar-refractivity contribution in [2.75, 3.05) is 13.1 Å². The van der Waals surface area contributed by atoms with Gasteiger partial charge in [0.15, 0.2) is 0 Å². The normalized spacial score (nSPS) is 43.5. The highest BCUT2D eigenvalue weighted by Gasteiger charge is 2.48. The van der Waals surface area contributed by atoms with E-state index in [1.165, 1.54) is 0 Å². The van der Waals surface area contributed by atoms with E-state index in [1.807, 2.05) is 0 Å². The van der Waals surface area contributed by atoms with Gasteiger partial charge < -0.3 is 10.0 Å². The van der Waals surface area contributed by atoms with Crippen molar-refractivity contribution in [2.45, 2.75) is 38.6 Å². The van der Waals surface area contributed by atoms with Gasteiger partial charge in [0.25, 0.3) is 0 Å². The number of piperidine rings is 3. The molecule has 3 saturated heterocycles. The second-order valence-electron chi connectivity index (χ2n) is 4.39. The molecule has 1 atom stereocenters.